The van der Waals surface area contributed by atoms with Crippen LogP contribution in [0.5, 0.6) is 5.75 Å². The van der Waals surface area contributed by atoms with Gasteiger partial charge >= 0.3 is 0 Å². The molecule has 7 heteroatoms. The van der Waals surface area contributed by atoms with Crippen molar-refractivity contribution in [3.05, 3.63) is 48.3 Å². The van der Waals surface area contributed by atoms with Crippen LogP contribution in [0.2, 0.25) is 0 Å². The van der Waals surface area contributed by atoms with E-state index in [2.05, 4.69) is 20.8 Å². The summed E-state index contributed by atoms with van der Waals surface area (Å²) in [5, 5.41) is 6.53. The summed E-state index contributed by atoms with van der Waals surface area (Å²) in [5.74, 6) is 0.192. The minimum absolute atomic E-state index is 0.0604. The molecule has 0 bridgehead atoms. The third-order valence-electron chi connectivity index (χ3n) is 3.04. The van der Waals surface area contributed by atoms with Crippen LogP contribution in [-0.2, 0) is 9.59 Å². The molecule has 1 heterocycles. The van der Waals surface area contributed by atoms with Crippen LogP contribution < -0.4 is 15.5 Å². The Labute approximate surface area is 140 Å². The fourth-order valence-corrected chi connectivity index (χ4v) is 1.91. The van der Waals surface area contributed by atoms with E-state index in [0.29, 0.717) is 12.3 Å². The predicted molar refractivity (Wildman–Crippen MR) is 92.0 cm³/mol. The number of rotatable bonds is 8. The molecular weight excluding hydrogens is 308 g/mol. The molecule has 0 unspecified atom stereocenters. The van der Waals surface area contributed by atoms with Crippen molar-refractivity contribution in [2.24, 2.45) is 5.10 Å². The van der Waals surface area contributed by atoms with E-state index in [9.17, 15) is 9.59 Å². The molecule has 2 amide bonds. The highest BCUT2D eigenvalue weighted by atomic mass is 16.5. The van der Waals surface area contributed by atoms with Gasteiger partial charge in [-0.25, -0.2) is 5.43 Å². The molecule has 0 aliphatic heterocycles. The molecule has 2 rings (SSSR count). The van der Waals surface area contributed by atoms with E-state index in [1.807, 2.05) is 19.1 Å². The summed E-state index contributed by atoms with van der Waals surface area (Å²) < 4.78 is 5.33. The van der Waals surface area contributed by atoms with Crippen molar-refractivity contribution in [3.63, 3.8) is 0 Å². The van der Waals surface area contributed by atoms with Crippen molar-refractivity contribution < 1.29 is 14.3 Å². The van der Waals surface area contributed by atoms with Gasteiger partial charge in [0, 0.05) is 24.7 Å². The molecule has 0 spiro atoms. The summed E-state index contributed by atoms with van der Waals surface area (Å²) in [6.07, 6.45) is 3.40. The van der Waals surface area contributed by atoms with Gasteiger partial charge in [0.1, 0.15) is 5.75 Å². The number of H-pyrrole nitrogens is 1. The maximum atomic E-state index is 11.8. The Balaban J connectivity index is 1.69. The lowest BCUT2D eigenvalue weighted by molar-refractivity contribution is -0.124. The van der Waals surface area contributed by atoms with Gasteiger partial charge in [0.15, 0.2) is 0 Å². The first kappa shape index (κ1) is 17.3. The van der Waals surface area contributed by atoms with Crippen LogP contribution in [0.15, 0.2) is 47.7 Å². The van der Waals surface area contributed by atoms with Crippen LogP contribution in [0.25, 0.3) is 0 Å². The lowest BCUT2D eigenvalue weighted by Crippen LogP contribution is -2.20. The Kier molecular flexibility index (Phi) is 6.58. The number of carbonyl (C=O) groups excluding carboxylic acids is 2. The Morgan fingerprint density at radius 3 is 2.58 bits per heavy atom. The minimum atomic E-state index is -0.320. The second-order valence-electron chi connectivity index (χ2n) is 4.92. The Bertz CT molecular complexity index is 678. The van der Waals surface area contributed by atoms with Gasteiger partial charge in [0.25, 0.3) is 0 Å². The Morgan fingerprint density at radius 2 is 1.92 bits per heavy atom. The van der Waals surface area contributed by atoms with E-state index in [1.54, 1.807) is 30.5 Å². The first-order valence-electron chi connectivity index (χ1n) is 7.65. The number of aromatic amines is 1. The summed E-state index contributed by atoms with van der Waals surface area (Å²) >= 11 is 0. The molecule has 126 valence electrons. The Hall–Kier alpha value is -3.09. The second kappa shape index (κ2) is 9.14. The standard InChI is InChI=1S/C17H20N4O3/c1-2-24-15-7-5-13(6-8-15)20-16(22)9-10-17(23)21-19-12-14-4-3-11-18-14/h3-8,11-12,18H,2,9-10H2,1H3,(H,20,22)(H,21,23). The van der Waals surface area contributed by atoms with E-state index in [4.69, 9.17) is 4.74 Å². The van der Waals surface area contributed by atoms with Crippen molar-refractivity contribution in [1.82, 2.24) is 10.4 Å². The number of aromatic nitrogens is 1. The zero-order valence-electron chi connectivity index (χ0n) is 13.4. The highest BCUT2D eigenvalue weighted by Crippen LogP contribution is 2.15. The number of hydrogen-bond donors (Lipinski definition) is 3. The summed E-state index contributed by atoms with van der Waals surface area (Å²) in [4.78, 5) is 26.4. The molecule has 1 aromatic heterocycles. The van der Waals surface area contributed by atoms with Gasteiger partial charge in [-0.1, -0.05) is 0 Å². The van der Waals surface area contributed by atoms with E-state index < -0.39 is 0 Å². The molecule has 7 nitrogen and oxygen atoms in total. The average Bonchev–Trinajstić information content (AvgIpc) is 3.08. The van der Waals surface area contributed by atoms with Gasteiger partial charge in [0.05, 0.1) is 18.5 Å². The normalized spacial score (nSPS) is 10.5. The average molecular weight is 328 g/mol. The number of nitrogens with zero attached hydrogens (tertiary/aromatic N) is 1. The van der Waals surface area contributed by atoms with Crippen LogP contribution in [0.4, 0.5) is 5.69 Å². The van der Waals surface area contributed by atoms with E-state index in [1.165, 1.54) is 6.21 Å². The van der Waals surface area contributed by atoms with Gasteiger partial charge in [-0.05, 0) is 43.3 Å². The maximum Gasteiger partial charge on any atom is 0.240 e. The third-order valence-corrected chi connectivity index (χ3v) is 3.04. The summed E-state index contributed by atoms with van der Waals surface area (Å²) in [7, 11) is 0. The summed E-state index contributed by atoms with van der Waals surface area (Å²) in [6, 6.07) is 10.7. The van der Waals surface area contributed by atoms with Crippen LogP contribution in [0.1, 0.15) is 25.5 Å². The van der Waals surface area contributed by atoms with Gasteiger partial charge in [-0.15, -0.1) is 0 Å². The van der Waals surface area contributed by atoms with Crippen LogP contribution in [-0.4, -0.2) is 29.6 Å². The molecule has 0 atom stereocenters. The molecule has 0 saturated carbocycles. The molecular formula is C17H20N4O3. The number of hydrazone groups is 1. The largest absolute Gasteiger partial charge is 0.494 e. The minimum Gasteiger partial charge on any atom is -0.494 e. The van der Waals surface area contributed by atoms with E-state index in [-0.39, 0.29) is 24.7 Å². The van der Waals surface area contributed by atoms with E-state index >= 15 is 0 Å². The number of carbonyl (C=O) groups is 2. The highest BCUT2D eigenvalue weighted by molar-refractivity contribution is 5.93. The molecule has 3 N–H and O–H groups in total. The molecule has 24 heavy (non-hydrogen) atoms. The smallest absolute Gasteiger partial charge is 0.240 e. The number of ether oxygens (including phenoxy) is 1. The van der Waals surface area contributed by atoms with Crippen LogP contribution in [0, 0.1) is 0 Å². The number of benzene rings is 1. The number of hydrogen-bond acceptors (Lipinski definition) is 4. The monoisotopic (exact) mass is 328 g/mol. The SMILES string of the molecule is CCOc1ccc(NC(=O)CCC(=O)NN=Cc2ccc[nH]2)cc1. The van der Waals surface area contributed by atoms with Crippen molar-refractivity contribution in [3.8, 4) is 5.75 Å². The first-order valence-corrected chi connectivity index (χ1v) is 7.65. The van der Waals surface area contributed by atoms with Gasteiger partial charge < -0.3 is 15.0 Å². The molecule has 0 fully saturated rings. The second-order valence-corrected chi connectivity index (χ2v) is 4.92. The van der Waals surface area contributed by atoms with Gasteiger partial charge in [0.2, 0.25) is 11.8 Å². The highest BCUT2D eigenvalue weighted by Gasteiger charge is 2.07. The lowest BCUT2D eigenvalue weighted by atomic mass is 10.2. The fourth-order valence-electron chi connectivity index (χ4n) is 1.91. The molecule has 0 aliphatic rings. The van der Waals surface area contributed by atoms with Crippen molar-refractivity contribution >= 4 is 23.7 Å². The van der Waals surface area contributed by atoms with Gasteiger partial charge in [-0.2, -0.15) is 5.10 Å². The predicted octanol–water partition coefficient (Wildman–Crippen LogP) is 2.28. The third kappa shape index (κ3) is 5.96. The molecule has 0 radical (unpaired) electrons. The van der Waals surface area contributed by atoms with E-state index in [0.717, 1.165) is 11.4 Å². The Morgan fingerprint density at radius 1 is 1.17 bits per heavy atom. The lowest BCUT2D eigenvalue weighted by Gasteiger charge is -2.07. The number of nitrogens with one attached hydrogen (secondary N) is 3. The molecule has 0 aliphatic carbocycles. The van der Waals surface area contributed by atoms with Crippen LogP contribution in [0.3, 0.4) is 0 Å². The van der Waals surface area contributed by atoms with Crippen molar-refractivity contribution in [2.75, 3.05) is 11.9 Å². The number of anilines is 1. The molecule has 2 aromatic rings. The molecule has 1 aromatic carbocycles. The topological polar surface area (TPSA) is 95.6 Å². The van der Waals surface area contributed by atoms with Crippen molar-refractivity contribution in [2.45, 2.75) is 19.8 Å². The fraction of sp³-hybridized carbons (Fsp3) is 0.235. The zero-order valence-corrected chi connectivity index (χ0v) is 13.4. The van der Waals surface area contributed by atoms with Crippen LogP contribution >= 0.6 is 0 Å². The maximum absolute atomic E-state index is 11.8. The van der Waals surface area contributed by atoms with Crippen molar-refractivity contribution in [1.29, 1.82) is 0 Å². The zero-order chi connectivity index (χ0) is 17.2. The summed E-state index contributed by atoms with van der Waals surface area (Å²) in [6.45, 7) is 2.50. The quantitative estimate of drug-likeness (QED) is 0.512. The van der Waals surface area contributed by atoms with Gasteiger partial charge in [-0.3, -0.25) is 9.59 Å². The summed E-state index contributed by atoms with van der Waals surface area (Å²) in [5.41, 5.74) is 3.82. The molecule has 0 saturated heterocycles. The number of amides is 2. The first-order chi connectivity index (χ1) is 11.7.